The third kappa shape index (κ3) is 4.80. The Morgan fingerprint density at radius 3 is 1.78 bits per heavy atom. The van der Waals surface area contributed by atoms with Crippen molar-refractivity contribution in [2.24, 2.45) is 32.4 Å². The van der Waals surface area contributed by atoms with Gasteiger partial charge in [-0.2, -0.15) is 15.3 Å². The molecule has 0 heterocycles. The minimum atomic E-state index is -0.350. The molecule has 2 aliphatic carbocycles. The van der Waals surface area contributed by atoms with Crippen LogP contribution in [0.2, 0.25) is 0 Å². The zero-order valence-electron chi connectivity index (χ0n) is 21.3. The van der Waals surface area contributed by atoms with Crippen molar-refractivity contribution in [1.29, 1.82) is 5.53 Å². The number of nitrogens with zero attached hydrogens (tertiary/aromatic N) is 3. The molecule has 2 saturated carbocycles. The van der Waals surface area contributed by atoms with Crippen LogP contribution >= 0.6 is 0 Å². The van der Waals surface area contributed by atoms with Crippen molar-refractivity contribution in [3.05, 3.63) is 108 Å². The topological polar surface area (TPSA) is 113 Å². The molecule has 0 aromatic heterocycles. The van der Waals surface area contributed by atoms with E-state index in [1.54, 1.807) is 0 Å². The standard InChI is InChI=1S/C31H36N6/c32-35-27-22-30(28(29(27)36-33)25-14-8-3-9-15-25)18-20-31(37-34,21-19-30)17-16-26(23-10-4-1-5-11-23)24-12-6-2-7-13-24/h1-15,26,28,34H,16-22,32-33H2. The largest absolute Gasteiger partial charge is 0.323 e. The molecule has 0 saturated heterocycles. The van der Waals surface area contributed by atoms with Crippen LogP contribution in [0.4, 0.5) is 0 Å². The van der Waals surface area contributed by atoms with Gasteiger partial charge in [-0.15, -0.1) is 0 Å². The quantitative estimate of drug-likeness (QED) is 0.192. The zero-order valence-corrected chi connectivity index (χ0v) is 21.3. The molecule has 1 atom stereocenters. The molecule has 3 aromatic carbocycles. The highest BCUT2D eigenvalue weighted by molar-refractivity contribution is 6.46. The van der Waals surface area contributed by atoms with Gasteiger partial charge in [-0.25, -0.2) is 5.53 Å². The molecule has 3 aromatic rings. The summed E-state index contributed by atoms with van der Waals surface area (Å²) in [5, 5.41) is 12.6. The van der Waals surface area contributed by atoms with Gasteiger partial charge in [0.2, 0.25) is 0 Å². The molecule has 1 spiro atoms. The Labute approximate surface area is 219 Å². The molecule has 5 rings (SSSR count). The first-order valence-electron chi connectivity index (χ1n) is 13.2. The summed E-state index contributed by atoms with van der Waals surface area (Å²) >= 11 is 0. The van der Waals surface area contributed by atoms with Crippen molar-refractivity contribution in [3.63, 3.8) is 0 Å². The van der Waals surface area contributed by atoms with Crippen molar-refractivity contribution >= 4 is 11.4 Å². The van der Waals surface area contributed by atoms with E-state index in [-0.39, 0.29) is 22.8 Å². The van der Waals surface area contributed by atoms with E-state index in [1.165, 1.54) is 16.7 Å². The van der Waals surface area contributed by atoms with E-state index < -0.39 is 0 Å². The molecular formula is C31H36N6. The average Bonchev–Trinajstić information content (AvgIpc) is 3.29. The first-order chi connectivity index (χ1) is 18.1. The van der Waals surface area contributed by atoms with E-state index in [0.29, 0.717) is 0 Å². The fraction of sp³-hybridized carbons (Fsp3) is 0.355. The average molecular weight is 493 g/mol. The van der Waals surface area contributed by atoms with Crippen molar-refractivity contribution < 1.29 is 0 Å². The minimum absolute atomic E-state index is 0.0514. The highest BCUT2D eigenvalue weighted by atomic mass is 15.2. The molecule has 190 valence electrons. The van der Waals surface area contributed by atoms with Gasteiger partial charge < -0.3 is 11.7 Å². The first kappa shape index (κ1) is 24.9. The van der Waals surface area contributed by atoms with Gasteiger partial charge in [-0.05, 0) is 67.1 Å². The molecule has 37 heavy (non-hydrogen) atoms. The Kier molecular flexibility index (Phi) is 7.17. The van der Waals surface area contributed by atoms with Crippen LogP contribution in [0.1, 0.15) is 73.5 Å². The second kappa shape index (κ2) is 10.7. The number of hydrogen-bond donors (Lipinski definition) is 3. The monoisotopic (exact) mass is 492 g/mol. The molecule has 0 aliphatic heterocycles. The highest BCUT2D eigenvalue weighted by Crippen LogP contribution is 2.58. The van der Waals surface area contributed by atoms with Crippen LogP contribution in [0.5, 0.6) is 0 Å². The van der Waals surface area contributed by atoms with Crippen molar-refractivity contribution in [2.45, 2.75) is 62.3 Å². The Morgan fingerprint density at radius 1 is 0.757 bits per heavy atom. The Hall–Kier alpha value is -3.80. The predicted octanol–water partition coefficient (Wildman–Crippen LogP) is 6.75. The molecule has 6 nitrogen and oxygen atoms in total. The third-order valence-corrected chi connectivity index (χ3v) is 8.84. The maximum atomic E-state index is 8.26. The maximum absolute atomic E-state index is 8.26. The lowest BCUT2D eigenvalue weighted by Gasteiger charge is -2.45. The minimum Gasteiger partial charge on any atom is -0.323 e. The van der Waals surface area contributed by atoms with Crippen LogP contribution in [0.3, 0.4) is 0 Å². The van der Waals surface area contributed by atoms with E-state index in [9.17, 15) is 0 Å². The summed E-state index contributed by atoms with van der Waals surface area (Å²) in [6, 6.07) is 31.9. The molecule has 6 heteroatoms. The van der Waals surface area contributed by atoms with Gasteiger partial charge in [0, 0.05) is 11.8 Å². The van der Waals surface area contributed by atoms with Gasteiger partial charge in [0.1, 0.15) is 0 Å². The van der Waals surface area contributed by atoms with Crippen LogP contribution in [-0.4, -0.2) is 17.0 Å². The van der Waals surface area contributed by atoms with Gasteiger partial charge in [0.15, 0.2) is 0 Å². The second-order valence-electron chi connectivity index (χ2n) is 10.7. The van der Waals surface area contributed by atoms with Crippen LogP contribution in [0, 0.1) is 10.9 Å². The van der Waals surface area contributed by atoms with Gasteiger partial charge in [0.05, 0.1) is 17.0 Å². The fourth-order valence-electron chi connectivity index (χ4n) is 6.81. The van der Waals surface area contributed by atoms with E-state index >= 15 is 0 Å². The number of hydrazone groups is 2. The first-order valence-corrected chi connectivity index (χ1v) is 13.2. The lowest BCUT2D eigenvalue weighted by Crippen LogP contribution is -2.40. The third-order valence-electron chi connectivity index (χ3n) is 8.84. The number of rotatable bonds is 7. The lowest BCUT2D eigenvalue weighted by atomic mass is 9.60. The summed E-state index contributed by atoms with van der Waals surface area (Å²) in [6.45, 7) is 0. The maximum Gasteiger partial charge on any atom is 0.0913 e. The molecule has 0 bridgehead atoms. The van der Waals surface area contributed by atoms with Crippen LogP contribution < -0.4 is 11.7 Å². The van der Waals surface area contributed by atoms with Gasteiger partial charge >= 0.3 is 0 Å². The highest BCUT2D eigenvalue weighted by Gasteiger charge is 2.54. The predicted molar refractivity (Wildman–Crippen MR) is 150 cm³/mol. The van der Waals surface area contributed by atoms with Crippen molar-refractivity contribution in [2.75, 3.05) is 0 Å². The molecular weight excluding hydrogens is 456 g/mol. The van der Waals surface area contributed by atoms with E-state index in [4.69, 9.17) is 17.2 Å². The van der Waals surface area contributed by atoms with E-state index in [2.05, 4.69) is 100 Å². The molecule has 2 aliphatic rings. The molecule has 5 N–H and O–H groups in total. The number of hydrogen-bond acceptors (Lipinski definition) is 6. The van der Waals surface area contributed by atoms with Crippen LogP contribution in [0.25, 0.3) is 0 Å². The van der Waals surface area contributed by atoms with Gasteiger partial charge in [0.25, 0.3) is 0 Å². The second-order valence-corrected chi connectivity index (χ2v) is 10.7. The smallest absolute Gasteiger partial charge is 0.0913 e. The Bertz CT molecular complexity index is 1210. The molecule has 1 unspecified atom stereocenters. The Balaban J connectivity index is 1.38. The van der Waals surface area contributed by atoms with Gasteiger partial charge in [-0.1, -0.05) is 91.0 Å². The zero-order chi connectivity index (χ0) is 25.7. The summed E-state index contributed by atoms with van der Waals surface area (Å²) in [6.07, 6.45) is 6.22. The molecule has 2 fully saturated rings. The fourth-order valence-corrected chi connectivity index (χ4v) is 6.81. The summed E-state index contributed by atoms with van der Waals surface area (Å²) in [4.78, 5) is 0. The molecule has 0 radical (unpaired) electrons. The SMILES string of the molecule is N=NC1(CCC(c2ccccc2)c2ccccc2)CCC2(CC1)CC(=NN)C(=NN)C2c1ccccc1. The normalized spacial score (nSPS) is 27.8. The lowest BCUT2D eigenvalue weighted by molar-refractivity contribution is 0.120. The van der Waals surface area contributed by atoms with Crippen molar-refractivity contribution in [3.8, 4) is 0 Å². The van der Waals surface area contributed by atoms with Crippen molar-refractivity contribution in [1.82, 2.24) is 0 Å². The summed E-state index contributed by atoms with van der Waals surface area (Å²) in [5.74, 6) is 12.0. The van der Waals surface area contributed by atoms with E-state index in [0.717, 1.165) is 56.4 Å². The summed E-state index contributed by atoms with van der Waals surface area (Å²) < 4.78 is 0. The number of nitrogens with one attached hydrogen (secondary N) is 1. The summed E-state index contributed by atoms with van der Waals surface area (Å²) in [5.41, 5.74) is 13.3. The molecule has 0 amide bonds. The van der Waals surface area contributed by atoms with Crippen LogP contribution in [0.15, 0.2) is 106 Å². The number of benzene rings is 3. The Morgan fingerprint density at radius 2 is 1.30 bits per heavy atom. The van der Waals surface area contributed by atoms with Gasteiger partial charge in [-0.3, -0.25) is 0 Å². The summed E-state index contributed by atoms with van der Waals surface area (Å²) in [7, 11) is 0. The number of nitrogens with two attached hydrogens (primary N) is 2. The van der Waals surface area contributed by atoms with Crippen LogP contribution in [-0.2, 0) is 0 Å². The van der Waals surface area contributed by atoms with E-state index in [1.807, 2.05) is 6.07 Å².